The van der Waals surface area contributed by atoms with E-state index < -0.39 is 17.4 Å². The molecule has 0 aliphatic rings. The number of aryl methyl sites for hydroxylation is 2. The van der Waals surface area contributed by atoms with Crippen molar-refractivity contribution in [2.24, 2.45) is 14.1 Å². The Bertz CT molecular complexity index is 1270. The van der Waals surface area contributed by atoms with Gasteiger partial charge in [0.1, 0.15) is 0 Å². The zero-order valence-electron chi connectivity index (χ0n) is 20.1. The summed E-state index contributed by atoms with van der Waals surface area (Å²) in [6.07, 6.45) is 0. The van der Waals surface area contributed by atoms with Crippen LogP contribution in [0.2, 0.25) is 0 Å². The van der Waals surface area contributed by atoms with E-state index in [4.69, 9.17) is 9.47 Å². The maximum atomic E-state index is 14.1. The van der Waals surface area contributed by atoms with Gasteiger partial charge in [0.2, 0.25) is 5.41 Å². The summed E-state index contributed by atoms with van der Waals surface area (Å²) in [5.74, 6) is -1.25. The van der Waals surface area contributed by atoms with Crippen molar-refractivity contribution in [3.05, 3.63) is 71.0 Å². The summed E-state index contributed by atoms with van der Waals surface area (Å²) >= 11 is 0. The number of ether oxygens (including phenoxy) is 2. The summed E-state index contributed by atoms with van der Waals surface area (Å²) < 4.78 is 15.3. The van der Waals surface area contributed by atoms with E-state index in [-0.39, 0.29) is 13.2 Å². The second kappa shape index (κ2) is 8.43. The van der Waals surface area contributed by atoms with Crippen LogP contribution in [0.25, 0.3) is 21.8 Å². The van der Waals surface area contributed by atoms with Gasteiger partial charge in [-0.1, -0.05) is 36.4 Å². The van der Waals surface area contributed by atoms with E-state index >= 15 is 0 Å². The Kier molecular flexibility index (Phi) is 5.78. The second-order valence-corrected chi connectivity index (χ2v) is 8.26. The van der Waals surface area contributed by atoms with Crippen LogP contribution >= 0.6 is 0 Å². The van der Waals surface area contributed by atoms with Crippen molar-refractivity contribution in [1.82, 2.24) is 9.13 Å². The lowest BCUT2D eigenvalue weighted by Gasteiger charge is -2.31. The van der Waals surface area contributed by atoms with Crippen molar-refractivity contribution in [3.8, 4) is 0 Å². The molecule has 172 valence electrons. The highest BCUT2D eigenvalue weighted by molar-refractivity contribution is 6.16. The number of hydrogen-bond acceptors (Lipinski definition) is 4. The van der Waals surface area contributed by atoms with E-state index in [1.54, 1.807) is 13.8 Å². The second-order valence-electron chi connectivity index (χ2n) is 8.26. The molecule has 0 saturated heterocycles. The van der Waals surface area contributed by atoms with Gasteiger partial charge < -0.3 is 18.6 Å². The van der Waals surface area contributed by atoms with Gasteiger partial charge in [0, 0.05) is 58.4 Å². The molecule has 2 aromatic heterocycles. The smallest absolute Gasteiger partial charge is 0.332 e. The molecular weight excluding hydrogens is 416 g/mol. The van der Waals surface area contributed by atoms with Crippen molar-refractivity contribution in [1.29, 1.82) is 0 Å². The van der Waals surface area contributed by atoms with Crippen LogP contribution in [0, 0.1) is 13.8 Å². The standard InChI is InChI=1S/C27H30N2O4/c1-7-32-25(30)27(26(31)33-8-2,23-17(3)28(5)21-15-11-9-13-19(21)23)24-18(4)29(6)22-16-12-10-14-20(22)24/h9-16H,7-8H2,1-6H3. The Morgan fingerprint density at radius 3 is 1.45 bits per heavy atom. The van der Waals surface area contributed by atoms with Gasteiger partial charge in [-0.15, -0.1) is 0 Å². The van der Waals surface area contributed by atoms with E-state index in [0.29, 0.717) is 11.1 Å². The number of esters is 2. The molecule has 6 heteroatoms. The van der Waals surface area contributed by atoms with Crippen LogP contribution in [0.4, 0.5) is 0 Å². The highest BCUT2D eigenvalue weighted by atomic mass is 16.6. The minimum absolute atomic E-state index is 0.146. The SMILES string of the molecule is CCOC(=O)C(C(=O)OCC)(c1c(C)n(C)c2ccccc12)c1c(C)n(C)c2ccccc12. The van der Waals surface area contributed by atoms with Crippen LogP contribution in [-0.2, 0) is 38.6 Å². The molecule has 4 rings (SSSR count). The summed E-state index contributed by atoms with van der Waals surface area (Å²) in [5, 5.41) is 1.65. The summed E-state index contributed by atoms with van der Waals surface area (Å²) in [6.45, 7) is 7.66. The molecular formula is C27H30N2O4. The number of carbonyl (C=O) groups excluding carboxylic acids is 2. The summed E-state index contributed by atoms with van der Waals surface area (Å²) in [4.78, 5) is 28.1. The number of fused-ring (bicyclic) bond motifs is 2. The molecule has 6 nitrogen and oxygen atoms in total. The third kappa shape index (κ3) is 3.08. The normalized spacial score (nSPS) is 11.8. The number of rotatable bonds is 6. The average Bonchev–Trinajstić information content (AvgIpc) is 3.22. The first-order valence-corrected chi connectivity index (χ1v) is 11.3. The topological polar surface area (TPSA) is 62.5 Å². The van der Waals surface area contributed by atoms with E-state index in [1.807, 2.05) is 85.6 Å². The Labute approximate surface area is 193 Å². The Morgan fingerprint density at radius 1 is 0.727 bits per heavy atom. The van der Waals surface area contributed by atoms with Crippen LogP contribution in [-0.4, -0.2) is 34.3 Å². The van der Waals surface area contributed by atoms with Crippen molar-refractivity contribution < 1.29 is 19.1 Å². The molecule has 4 aromatic rings. The molecule has 33 heavy (non-hydrogen) atoms. The number of carbonyl (C=O) groups is 2. The van der Waals surface area contributed by atoms with Crippen LogP contribution in [0.15, 0.2) is 48.5 Å². The number of para-hydroxylation sites is 2. The van der Waals surface area contributed by atoms with Gasteiger partial charge in [-0.05, 0) is 39.8 Å². The molecule has 0 aliphatic heterocycles. The molecule has 2 aromatic carbocycles. The summed E-state index contributed by atoms with van der Waals surface area (Å²) in [6, 6.07) is 15.6. The molecule has 0 bridgehead atoms. The lowest BCUT2D eigenvalue weighted by molar-refractivity contribution is -0.162. The number of aromatic nitrogens is 2. The molecule has 0 N–H and O–H groups in total. The molecule has 0 spiro atoms. The predicted octanol–water partition coefficient (Wildman–Crippen LogP) is 4.70. The molecule has 0 saturated carbocycles. The fourth-order valence-electron chi connectivity index (χ4n) is 5.08. The largest absolute Gasteiger partial charge is 0.465 e. The minimum atomic E-state index is -1.78. The fraction of sp³-hybridized carbons (Fsp3) is 0.333. The minimum Gasteiger partial charge on any atom is -0.465 e. The number of benzene rings is 2. The monoisotopic (exact) mass is 446 g/mol. The van der Waals surface area contributed by atoms with Gasteiger partial charge in [-0.2, -0.15) is 0 Å². The van der Waals surface area contributed by atoms with E-state index in [9.17, 15) is 9.59 Å². The first-order valence-electron chi connectivity index (χ1n) is 11.3. The highest BCUT2D eigenvalue weighted by Crippen LogP contribution is 2.46. The van der Waals surface area contributed by atoms with E-state index in [2.05, 4.69) is 0 Å². The van der Waals surface area contributed by atoms with Crippen LogP contribution in [0.5, 0.6) is 0 Å². The first-order chi connectivity index (χ1) is 15.8. The third-order valence-corrected chi connectivity index (χ3v) is 6.71. The van der Waals surface area contributed by atoms with Crippen LogP contribution in [0.1, 0.15) is 36.4 Å². The van der Waals surface area contributed by atoms with E-state index in [0.717, 1.165) is 33.2 Å². The van der Waals surface area contributed by atoms with Crippen molar-refractivity contribution in [3.63, 3.8) is 0 Å². The molecule has 0 fully saturated rings. The van der Waals surface area contributed by atoms with Gasteiger partial charge in [-0.25, -0.2) is 0 Å². The number of nitrogens with zero attached hydrogens (tertiary/aromatic N) is 2. The van der Waals surface area contributed by atoms with Gasteiger partial charge >= 0.3 is 11.9 Å². The molecule has 0 unspecified atom stereocenters. The van der Waals surface area contributed by atoms with Crippen molar-refractivity contribution >= 4 is 33.7 Å². The third-order valence-electron chi connectivity index (χ3n) is 6.71. The van der Waals surface area contributed by atoms with Gasteiger partial charge in [-0.3, -0.25) is 9.59 Å². The fourth-order valence-corrected chi connectivity index (χ4v) is 5.08. The van der Waals surface area contributed by atoms with E-state index in [1.165, 1.54) is 0 Å². The molecule has 0 radical (unpaired) electrons. The Hall–Kier alpha value is -3.54. The molecule has 0 aliphatic carbocycles. The number of hydrogen-bond donors (Lipinski definition) is 0. The van der Waals surface area contributed by atoms with Gasteiger partial charge in [0.25, 0.3) is 0 Å². The maximum absolute atomic E-state index is 14.1. The summed E-state index contributed by atoms with van der Waals surface area (Å²) in [7, 11) is 3.89. The van der Waals surface area contributed by atoms with Crippen LogP contribution < -0.4 is 0 Å². The van der Waals surface area contributed by atoms with Gasteiger partial charge in [0.05, 0.1) is 13.2 Å². The average molecular weight is 447 g/mol. The first kappa shape index (κ1) is 22.6. The highest BCUT2D eigenvalue weighted by Gasteiger charge is 2.57. The lowest BCUT2D eigenvalue weighted by atomic mass is 9.71. The Balaban J connectivity index is 2.28. The zero-order chi connectivity index (χ0) is 23.9. The zero-order valence-corrected chi connectivity index (χ0v) is 20.1. The summed E-state index contributed by atoms with van der Waals surface area (Å²) in [5.41, 5.74) is 2.92. The molecule has 0 atom stereocenters. The Morgan fingerprint density at radius 2 is 1.09 bits per heavy atom. The molecule has 0 amide bonds. The van der Waals surface area contributed by atoms with Crippen LogP contribution in [0.3, 0.4) is 0 Å². The van der Waals surface area contributed by atoms with Crippen molar-refractivity contribution in [2.75, 3.05) is 13.2 Å². The van der Waals surface area contributed by atoms with Crippen molar-refractivity contribution in [2.45, 2.75) is 33.1 Å². The maximum Gasteiger partial charge on any atom is 0.332 e. The predicted molar refractivity (Wildman–Crippen MR) is 129 cm³/mol. The quantitative estimate of drug-likeness (QED) is 0.318. The van der Waals surface area contributed by atoms with Gasteiger partial charge in [0.15, 0.2) is 0 Å². The lowest BCUT2D eigenvalue weighted by Crippen LogP contribution is -2.48. The molecule has 2 heterocycles.